The van der Waals surface area contributed by atoms with E-state index in [1.807, 2.05) is 13.0 Å². The number of aliphatic hydroxyl groups excluding tert-OH is 2. The smallest absolute Gasteiger partial charge is 0.196 e. The van der Waals surface area contributed by atoms with Crippen LogP contribution in [0.25, 0.3) is 0 Å². The van der Waals surface area contributed by atoms with Crippen LogP contribution in [-0.2, 0) is 4.74 Å². The maximum absolute atomic E-state index is 11.2. The first-order valence-corrected chi connectivity index (χ1v) is 12.3. The van der Waals surface area contributed by atoms with Gasteiger partial charge in [-0.15, -0.1) is 5.73 Å². The second-order valence-electron chi connectivity index (χ2n) is 11.8. The van der Waals surface area contributed by atoms with Crippen LogP contribution in [0.4, 0.5) is 0 Å². The summed E-state index contributed by atoms with van der Waals surface area (Å²) in [6.07, 6.45) is 9.99. The Labute approximate surface area is 181 Å². The predicted octanol–water partition coefficient (Wildman–Crippen LogP) is 4.04. The van der Waals surface area contributed by atoms with Gasteiger partial charge in [-0.2, -0.15) is 0 Å². The van der Waals surface area contributed by atoms with E-state index in [9.17, 15) is 15.3 Å². The molecule has 30 heavy (non-hydrogen) atoms. The molecule has 0 spiro atoms. The van der Waals surface area contributed by atoms with Crippen molar-refractivity contribution >= 4 is 0 Å². The standard InChI is InChI=1S/C26H40O4/c1-5-6-9-26(29)15(2)23-22(30-26)14-19-17-13-21(28)20-12-16(27)7-10-24(20,3)18(17)8-11-25(19,23)4/h5,9,15-23,27-29H,7-8,10-14H2,1-4H3. The van der Waals surface area contributed by atoms with Crippen molar-refractivity contribution in [1.29, 1.82) is 0 Å². The highest BCUT2D eigenvalue weighted by atomic mass is 16.6. The van der Waals surface area contributed by atoms with Crippen LogP contribution in [0.5, 0.6) is 0 Å². The first-order chi connectivity index (χ1) is 14.1. The lowest BCUT2D eigenvalue weighted by atomic mass is 9.43. The molecule has 168 valence electrons. The van der Waals surface area contributed by atoms with E-state index in [1.165, 1.54) is 12.8 Å². The third-order valence-corrected chi connectivity index (χ3v) is 10.7. The maximum atomic E-state index is 11.2. The van der Waals surface area contributed by atoms with Crippen LogP contribution in [0.3, 0.4) is 0 Å². The van der Waals surface area contributed by atoms with Gasteiger partial charge in [0.2, 0.25) is 0 Å². The van der Waals surface area contributed by atoms with Gasteiger partial charge in [0.15, 0.2) is 5.79 Å². The Bertz CT molecular complexity index is 758. The molecular formula is C26H40O4. The lowest BCUT2D eigenvalue weighted by Gasteiger charge is -2.62. The number of fused-ring (bicyclic) bond motifs is 7. The highest BCUT2D eigenvalue weighted by Crippen LogP contribution is 2.70. The van der Waals surface area contributed by atoms with E-state index in [0.29, 0.717) is 23.7 Å². The van der Waals surface area contributed by atoms with Gasteiger partial charge < -0.3 is 20.1 Å². The van der Waals surface area contributed by atoms with Crippen molar-refractivity contribution in [2.24, 2.45) is 46.3 Å². The molecule has 1 aliphatic heterocycles. The van der Waals surface area contributed by atoms with Crippen molar-refractivity contribution in [2.45, 2.75) is 96.7 Å². The normalized spacial score (nSPS) is 59.4. The molecule has 5 rings (SSSR count). The zero-order valence-electron chi connectivity index (χ0n) is 19.1. The van der Waals surface area contributed by atoms with Gasteiger partial charge in [0, 0.05) is 12.0 Å². The van der Waals surface area contributed by atoms with Crippen LogP contribution in [0.15, 0.2) is 17.9 Å². The first-order valence-electron chi connectivity index (χ1n) is 12.3. The molecule has 4 saturated carbocycles. The molecule has 4 heteroatoms. The van der Waals surface area contributed by atoms with Gasteiger partial charge >= 0.3 is 0 Å². The van der Waals surface area contributed by atoms with Crippen molar-refractivity contribution in [3.8, 4) is 0 Å². The maximum Gasteiger partial charge on any atom is 0.196 e. The fourth-order valence-electron chi connectivity index (χ4n) is 9.30. The van der Waals surface area contributed by atoms with Crippen molar-refractivity contribution in [3.05, 3.63) is 17.9 Å². The zero-order chi connectivity index (χ0) is 21.5. The Morgan fingerprint density at radius 1 is 0.967 bits per heavy atom. The Morgan fingerprint density at radius 2 is 1.70 bits per heavy atom. The highest BCUT2D eigenvalue weighted by molar-refractivity contribution is 5.18. The van der Waals surface area contributed by atoms with Crippen LogP contribution in [0.1, 0.15) is 72.6 Å². The van der Waals surface area contributed by atoms with E-state index in [-0.39, 0.29) is 41.0 Å². The molecule has 0 amide bonds. The second-order valence-corrected chi connectivity index (χ2v) is 11.8. The summed E-state index contributed by atoms with van der Waals surface area (Å²) in [4.78, 5) is 0. The summed E-state index contributed by atoms with van der Waals surface area (Å²) in [5.41, 5.74) is 3.34. The molecule has 4 aliphatic carbocycles. The minimum absolute atomic E-state index is 0.0446. The molecule has 0 radical (unpaired) electrons. The number of hydrogen-bond acceptors (Lipinski definition) is 4. The van der Waals surface area contributed by atoms with Crippen LogP contribution in [0.2, 0.25) is 0 Å². The van der Waals surface area contributed by atoms with E-state index < -0.39 is 5.79 Å². The van der Waals surface area contributed by atoms with Gasteiger partial charge in [-0.05, 0) is 98.4 Å². The summed E-state index contributed by atoms with van der Waals surface area (Å²) in [6.45, 7) is 8.90. The number of ether oxygens (including phenoxy) is 1. The average Bonchev–Trinajstić information content (AvgIpc) is 3.12. The predicted molar refractivity (Wildman–Crippen MR) is 115 cm³/mol. The molecule has 0 bridgehead atoms. The van der Waals surface area contributed by atoms with Crippen molar-refractivity contribution in [1.82, 2.24) is 0 Å². The summed E-state index contributed by atoms with van der Waals surface area (Å²) < 4.78 is 6.32. The zero-order valence-corrected chi connectivity index (χ0v) is 19.1. The fraction of sp³-hybridized carbons (Fsp3) is 0.885. The van der Waals surface area contributed by atoms with Gasteiger partial charge in [0.25, 0.3) is 0 Å². The van der Waals surface area contributed by atoms with Crippen LogP contribution < -0.4 is 0 Å². The second kappa shape index (κ2) is 6.93. The van der Waals surface area contributed by atoms with Crippen LogP contribution >= 0.6 is 0 Å². The van der Waals surface area contributed by atoms with Crippen molar-refractivity contribution < 1.29 is 20.1 Å². The van der Waals surface area contributed by atoms with E-state index in [0.717, 1.165) is 32.1 Å². The number of aliphatic hydroxyl groups is 3. The third kappa shape index (κ3) is 2.74. The van der Waals surface area contributed by atoms with Gasteiger partial charge in [0.1, 0.15) is 0 Å². The molecule has 4 nitrogen and oxygen atoms in total. The molecule has 1 heterocycles. The largest absolute Gasteiger partial charge is 0.393 e. The van der Waals surface area contributed by atoms with E-state index in [1.54, 1.807) is 6.08 Å². The lowest BCUT2D eigenvalue weighted by Crippen LogP contribution is -2.58. The molecule has 12 unspecified atom stereocenters. The summed E-state index contributed by atoms with van der Waals surface area (Å²) in [7, 11) is 0. The van der Waals surface area contributed by atoms with E-state index in [2.05, 4.69) is 26.5 Å². The SMILES string of the molecule is CC=C=CC1(O)OC2CC3C4CC(O)C5CC(O)CCC5(C)C4CCC3(C)C2C1C. The Hall–Kier alpha value is -0.640. The number of hydrogen-bond donors (Lipinski definition) is 3. The minimum atomic E-state index is -1.21. The van der Waals surface area contributed by atoms with Crippen molar-refractivity contribution in [2.75, 3.05) is 0 Å². The van der Waals surface area contributed by atoms with Gasteiger partial charge in [-0.1, -0.05) is 20.8 Å². The van der Waals surface area contributed by atoms with Gasteiger partial charge in [-0.25, -0.2) is 0 Å². The third-order valence-electron chi connectivity index (χ3n) is 10.7. The number of rotatable bonds is 1. The highest BCUT2D eigenvalue weighted by Gasteiger charge is 2.68. The molecule has 5 fully saturated rings. The molecule has 5 aliphatic rings. The van der Waals surface area contributed by atoms with E-state index in [4.69, 9.17) is 4.74 Å². The van der Waals surface area contributed by atoms with Crippen LogP contribution in [-0.4, -0.2) is 39.4 Å². The summed E-state index contributed by atoms with van der Waals surface area (Å²) in [6, 6.07) is 0. The average molecular weight is 417 g/mol. The topological polar surface area (TPSA) is 69.9 Å². The van der Waals surface area contributed by atoms with Crippen LogP contribution in [0, 0.1) is 46.3 Å². The molecule has 0 aromatic heterocycles. The van der Waals surface area contributed by atoms with Crippen molar-refractivity contribution in [3.63, 3.8) is 0 Å². The molecule has 0 aromatic rings. The quantitative estimate of drug-likeness (QED) is 0.564. The minimum Gasteiger partial charge on any atom is -0.393 e. The molecular weight excluding hydrogens is 376 g/mol. The fourth-order valence-corrected chi connectivity index (χ4v) is 9.30. The first kappa shape index (κ1) is 21.2. The Balaban J connectivity index is 1.45. The molecule has 1 saturated heterocycles. The summed E-state index contributed by atoms with van der Waals surface area (Å²) in [5.74, 6) is 1.11. The summed E-state index contributed by atoms with van der Waals surface area (Å²) in [5, 5.41) is 32.6. The Kier molecular flexibility index (Phi) is 4.90. The van der Waals surface area contributed by atoms with Gasteiger partial charge in [0.05, 0.1) is 18.3 Å². The van der Waals surface area contributed by atoms with E-state index >= 15 is 0 Å². The molecule has 12 atom stereocenters. The van der Waals surface area contributed by atoms with Gasteiger partial charge in [-0.3, -0.25) is 0 Å². The Morgan fingerprint density at radius 3 is 2.43 bits per heavy atom. The molecule has 3 N–H and O–H groups in total. The monoisotopic (exact) mass is 416 g/mol. The lowest BCUT2D eigenvalue weighted by molar-refractivity contribution is -0.192. The molecule has 0 aromatic carbocycles. The summed E-state index contributed by atoms with van der Waals surface area (Å²) >= 11 is 0.